The molecule has 21 heavy (non-hydrogen) atoms. The van der Waals surface area contributed by atoms with Crippen molar-refractivity contribution in [2.24, 2.45) is 4.99 Å². The molecule has 0 radical (unpaired) electrons. The number of nitrogens with zero attached hydrogens (tertiary/aromatic N) is 2. The maximum atomic E-state index is 4.62. The predicted molar refractivity (Wildman–Crippen MR) is 90.8 cm³/mol. The van der Waals surface area contributed by atoms with Crippen molar-refractivity contribution in [2.75, 3.05) is 19.6 Å². The molecule has 0 aliphatic rings. The number of guanidine groups is 1. The monoisotopic (exact) mass is 290 g/mol. The van der Waals surface area contributed by atoms with Gasteiger partial charge in [0.1, 0.15) is 0 Å². The zero-order valence-electron chi connectivity index (χ0n) is 13.8. The fraction of sp³-hybridized carbons (Fsp3) is 0.647. The quantitative estimate of drug-likeness (QED) is 0.417. The Morgan fingerprint density at radius 3 is 2.76 bits per heavy atom. The first-order chi connectivity index (χ1) is 10.3. The SMILES string of the molecule is CCCCCCN=C(NCC)NCCc1ccncc1C. The average Bonchev–Trinajstić information content (AvgIpc) is 2.49. The number of pyridine rings is 1. The number of aliphatic imine (C=N–C) groups is 1. The Hall–Kier alpha value is -1.58. The van der Waals surface area contributed by atoms with Crippen LogP contribution in [0.5, 0.6) is 0 Å². The van der Waals surface area contributed by atoms with Crippen LogP contribution in [0, 0.1) is 6.92 Å². The molecule has 1 aromatic heterocycles. The Morgan fingerprint density at radius 2 is 2.05 bits per heavy atom. The van der Waals surface area contributed by atoms with Gasteiger partial charge in [0.05, 0.1) is 0 Å². The summed E-state index contributed by atoms with van der Waals surface area (Å²) in [5, 5.41) is 6.71. The van der Waals surface area contributed by atoms with Crippen LogP contribution in [0.15, 0.2) is 23.5 Å². The van der Waals surface area contributed by atoms with Gasteiger partial charge < -0.3 is 10.6 Å². The normalized spacial score (nSPS) is 11.5. The highest BCUT2D eigenvalue weighted by atomic mass is 15.2. The van der Waals surface area contributed by atoms with E-state index in [1.165, 1.54) is 36.8 Å². The van der Waals surface area contributed by atoms with Gasteiger partial charge in [-0.2, -0.15) is 0 Å². The van der Waals surface area contributed by atoms with Crippen molar-refractivity contribution in [3.05, 3.63) is 29.6 Å². The lowest BCUT2D eigenvalue weighted by Gasteiger charge is -2.12. The molecule has 118 valence electrons. The summed E-state index contributed by atoms with van der Waals surface area (Å²) >= 11 is 0. The molecule has 4 nitrogen and oxygen atoms in total. The summed E-state index contributed by atoms with van der Waals surface area (Å²) in [7, 11) is 0. The van der Waals surface area contributed by atoms with Crippen molar-refractivity contribution in [3.63, 3.8) is 0 Å². The summed E-state index contributed by atoms with van der Waals surface area (Å²) in [6, 6.07) is 2.09. The predicted octanol–water partition coefficient (Wildman–Crippen LogP) is 3.07. The minimum absolute atomic E-state index is 0.894. The number of hydrogen-bond acceptors (Lipinski definition) is 2. The van der Waals surface area contributed by atoms with E-state index in [4.69, 9.17) is 0 Å². The second-order valence-corrected chi connectivity index (χ2v) is 5.30. The molecule has 0 fully saturated rings. The van der Waals surface area contributed by atoms with Crippen LogP contribution in [0.3, 0.4) is 0 Å². The Labute approximate surface area is 129 Å². The van der Waals surface area contributed by atoms with Crippen LogP contribution in [-0.4, -0.2) is 30.6 Å². The van der Waals surface area contributed by atoms with Crippen molar-refractivity contribution in [2.45, 2.75) is 52.9 Å². The minimum Gasteiger partial charge on any atom is -0.357 e. The first-order valence-electron chi connectivity index (χ1n) is 8.19. The first kappa shape index (κ1) is 17.5. The van der Waals surface area contributed by atoms with E-state index in [2.05, 4.69) is 47.4 Å². The van der Waals surface area contributed by atoms with E-state index in [1.807, 2.05) is 12.4 Å². The van der Waals surface area contributed by atoms with Crippen LogP contribution in [0.4, 0.5) is 0 Å². The molecule has 1 rings (SSSR count). The topological polar surface area (TPSA) is 49.3 Å². The van der Waals surface area contributed by atoms with Crippen molar-refractivity contribution < 1.29 is 0 Å². The van der Waals surface area contributed by atoms with Gasteiger partial charge in [-0.05, 0) is 43.9 Å². The lowest BCUT2D eigenvalue weighted by atomic mass is 10.1. The third-order valence-electron chi connectivity index (χ3n) is 3.45. The van der Waals surface area contributed by atoms with Crippen LogP contribution in [0.25, 0.3) is 0 Å². The van der Waals surface area contributed by atoms with Gasteiger partial charge in [-0.15, -0.1) is 0 Å². The highest BCUT2D eigenvalue weighted by molar-refractivity contribution is 5.79. The molecule has 0 spiro atoms. The maximum Gasteiger partial charge on any atom is 0.191 e. The van der Waals surface area contributed by atoms with Crippen molar-refractivity contribution in [1.82, 2.24) is 15.6 Å². The molecule has 0 saturated heterocycles. The number of nitrogens with one attached hydrogen (secondary N) is 2. The fourth-order valence-electron chi connectivity index (χ4n) is 2.17. The van der Waals surface area contributed by atoms with Gasteiger partial charge >= 0.3 is 0 Å². The molecule has 0 saturated carbocycles. The molecule has 0 amide bonds. The maximum absolute atomic E-state index is 4.62. The van der Waals surface area contributed by atoms with E-state index in [0.717, 1.165) is 32.0 Å². The standard InChI is InChI=1S/C17H30N4/c1-4-6-7-8-11-20-17(19-5-2)21-13-10-16-9-12-18-14-15(16)3/h9,12,14H,4-8,10-11,13H2,1-3H3,(H2,19,20,21). The average molecular weight is 290 g/mol. The van der Waals surface area contributed by atoms with Crippen molar-refractivity contribution in [3.8, 4) is 0 Å². The van der Waals surface area contributed by atoms with Crippen LogP contribution in [0.2, 0.25) is 0 Å². The van der Waals surface area contributed by atoms with Crippen LogP contribution in [0.1, 0.15) is 50.7 Å². The van der Waals surface area contributed by atoms with Gasteiger partial charge in [0.15, 0.2) is 5.96 Å². The summed E-state index contributed by atoms with van der Waals surface area (Å²) in [6.07, 6.45) is 9.80. The largest absolute Gasteiger partial charge is 0.357 e. The fourth-order valence-corrected chi connectivity index (χ4v) is 2.17. The van der Waals surface area contributed by atoms with Gasteiger partial charge in [-0.1, -0.05) is 26.2 Å². The summed E-state index contributed by atoms with van der Waals surface area (Å²) in [4.78, 5) is 8.75. The number of rotatable bonds is 9. The lowest BCUT2D eigenvalue weighted by molar-refractivity contribution is 0.670. The van der Waals surface area contributed by atoms with E-state index >= 15 is 0 Å². The molecule has 0 atom stereocenters. The number of hydrogen-bond donors (Lipinski definition) is 2. The van der Waals surface area contributed by atoms with Crippen LogP contribution < -0.4 is 10.6 Å². The van der Waals surface area contributed by atoms with Gasteiger partial charge in [-0.25, -0.2) is 0 Å². The van der Waals surface area contributed by atoms with Crippen molar-refractivity contribution >= 4 is 5.96 Å². The highest BCUT2D eigenvalue weighted by Gasteiger charge is 2.00. The molecule has 0 aliphatic carbocycles. The summed E-state index contributed by atoms with van der Waals surface area (Å²) in [5.41, 5.74) is 2.59. The summed E-state index contributed by atoms with van der Waals surface area (Å²) < 4.78 is 0. The minimum atomic E-state index is 0.894. The van der Waals surface area contributed by atoms with Crippen LogP contribution >= 0.6 is 0 Å². The second kappa shape index (κ2) is 11.1. The second-order valence-electron chi connectivity index (χ2n) is 5.30. The summed E-state index contributed by atoms with van der Waals surface area (Å²) in [5.74, 6) is 0.931. The van der Waals surface area contributed by atoms with Crippen molar-refractivity contribution in [1.29, 1.82) is 0 Å². The highest BCUT2D eigenvalue weighted by Crippen LogP contribution is 2.04. The third kappa shape index (κ3) is 7.69. The molecule has 4 heteroatoms. The molecule has 0 bridgehead atoms. The molecule has 1 aromatic rings. The van der Waals surface area contributed by atoms with E-state index < -0.39 is 0 Å². The molecular weight excluding hydrogens is 260 g/mol. The Morgan fingerprint density at radius 1 is 1.19 bits per heavy atom. The molecule has 1 heterocycles. The van der Waals surface area contributed by atoms with Gasteiger partial charge in [0, 0.05) is 32.0 Å². The molecule has 2 N–H and O–H groups in total. The van der Waals surface area contributed by atoms with E-state index in [-0.39, 0.29) is 0 Å². The third-order valence-corrected chi connectivity index (χ3v) is 3.45. The summed E-state index contributed by atoms with van der Waals surface area (Å²) in [6.45, 7) is 9.14. The van der Waals surface area contributed by atoms with E-state index in [0.29, 0.717) is 0 Å². The Bertz CT molecular complexity index is 415. The van der Waals surface area contributed by atoms with E-state index in [9.17, 15) is 0 Å². The zero-order valence-corrected chi connectivity index (χ0v) is 13.8. The smallest absolute Gasteiger partial charge is 0.191 e. The number of unbranched alkanes of at least 4 members (excludes halogenated alkanes) is 3. The number of aromatic nitrogens is 1. The van der Waals surface area contributed by atoms with Gasteiger partial charge in [-0.3, -0.25) is 9.98 Å². The zero-order chi connectivity index (χ0) is 15.3. The molecule has 0 aromatic carbocycles. The Balaban J connectivity index is 2.33. The lowest BCUT2D eigenvalue weighted by Crippen LogP contribution is -2.38. The van der Waals surface area contributed by atoms with Gasteiger partial charge in [0.2, 0.25) is 0 Å². The van der Waals surface area contributed by atoms with Crippen LogP contribution in [-0.2, 0) is 6.42 Å². The number of aryl methyl sites for hydroxylation is 1. The molecular formula is C17H30N4. The molecule has 0 unspecified atom stereocenters. The Kier molecular flexibility index (Phi) is 9.25. The molecule has 0 aliphatic heterocycles. The van der Waals surface area contributed by atoms with E-state index in [1.54, 1.807) is 0 Å². The van der Waals surface area contributed by atoms with Gasteiger partial charge in [0.25, 0.3) is 0 Å². The first-order valence-corrected chi connectivity index (χ1v) is 8.19.